The average Bonchev–Trinajstić information content (AvgIpc) is 3.35. The van der Waals surface area contributed by atoms with Crippen LogP contribution in [-0.2, 0) is 28.6 Å². The van der Waals surface area contributed by atoms with Gasteiger partial charge in [0, 0.05) is 19.3 Å². The molecular formula is C63H116O6. The van der Waals surface area contributed by atoms with Gasteiger partial charge in [-0.2, -0.15) is 0 Å². The molecule has 0 fully saturated rings. The van der Waals surface area contributed by atoms with E-state index in [0.29, 0.717) is 19.3 Å². The summed E-state index contributed by atoms with van der Waals surface area (Å²) in [5.41, 5.74) is 0. The lowest BCUT2D eigenvalue weighted by Gasteiger charge is -2.18. The van der Waals surface area contributed by atoms with Crippen LogP contribution < -0.4 is 0 Å². The number of hydrogen-bond donors (Lipinski definition) is 0. The predicted octanol–water partition coefficient (Wildman–Crippen LogP) is 20.4. The minimum atomic E-state index is -0.772. The number of carbonyl (C=O) groups is 3. The molecule has 404 valence electrons. The van der Waals surface area contributed by atoms with E-state index in [1.165, 1.54) is 225 Å². The lowest BCUT2D eigenvalue weighted by atomic mass is 10.1. The average molecular weight is 970 g/mol. The second-order valence-electron chi connectivity index (χ2n) is 20.6. The molecule has 0 aliphatic rings. The Kier molecular flexibility index (Phi) is 56.2. The Labute approximate surface area is 429 Å². The third kappa shape index (κ3) is 56.4. The molecule has 0 spiro atoms. The standard InChI is InChI=1S/C63H116O6/c1-4-7-10-13-16-19-22-24-26-28-30-31-33-34-36-38-41-44-47-50-53-56-62(65)68-59-60(58-67-61(64)55-52-49-46-43-40-21-18-15-12-9-6-3)69-63(66)57-54-51-48-45-42-39-37-35-32-29-27-25-23-20-17-14-11-8-5-2/h17,20,25,27-28,30,60H,4-16,18-19,21-24,26,29,31-59H2,1-3H3/b20-17-,27-25-,30-28-. The first-order valence-corrected chi connectivity index (χ1v) is 30.5. The van der Waals surface area contributed by atoms with E-state index in [1.54, 1.807) is 0 Å². The first kappa shape index (κ1) is 66.6. The normalized spacial score (nSPS) is 12.2. The zero-order chi connectivity index (χ0) is 50.0. The lowest BCUT2D eigenvalue weighted by molar-refractivity contribution is -0.167. The van der Waals surface area contributed by atoms with Crippen molar-refractivity contribution in [2.45, 2.75) is 335 Å². The SMILES string of the molecule is CCCCC/C=C\C/C=C\CCCCCCCCCCCC(=O)OC(COC(=O)CCCCCCCCCCC/C=C\CCCCCCCCCC)COC(=O)CCCCCCCCCCCCC. The molecule has 0 radical (unpaired) electrons. The number of hydrogen-bond acceptors (Lipinski definition) is 6. The van der Waals surface area contributed by atoms with Crippen molar-refractivity contribution in [2.75, 3.05) is 13.2 Å². The van der Waals surface area contributed by atoms with Crippen molar-refractivity contribution >= 4 is 17.9 Å². The van der Waals surface area contributed by atoms with Gasteiger partial charge in [-0.3, -0.25) is 14.4 Å². The quantitative estimate of drug-likeness (QED) is 0.0261. The van der Waals surface area contributed by atoms with Crippen LogP contribution >= 0.6 is 0 Å². The van der Waals surface area contributed by atoms with Crippen molar-refractivity contribution in [3.8, 4) is 0 Å². The number of allylic oxidation sites excluding steroid dienone is 6. The van der Waals surface area contributed by atoms with Crippen LogP contribution in [0.1, 0.15) is 329 Å². The highest BCUT2D eigenvalue weighted by molar-refractivity contribution is 5.71. The van der Waals surface area contributed by atoms with Gasteiger partial charge in [-0.15, -0.1) is 0 Å². The molecule has 0 aromatic carbocycles. The van der Waals surface area contributed by atoms with Crippen molar-refractivity contribution in [3.63, 3.8) is 0 Å². The summed E-state index contributed by atoms with van der Waals surface area (Å²) in [6.45, 7) is 6.65. The van der Waals surface area contributed by atoms with Gasteiger partial charge in [0.25, 0.3) is 0 Å². The van der Waals surface area contributed by atoms with E-state index in [-0.39, 0.29) is 31.1 Å². The zero-order valence-corrected chi connectivity index (χ0v) is 46.3. The molecule has 0 bridgehead atoms. The summed E-state index contributed by atoms with van der Waals surface area (Å²) in [7, 11) is 0. The zero-order valence-electron chi connectivity index (χ0n) is 46.3. The van der Waals surface area contributed by atoms with Gasteiger partial charge in [0.2, 0.25) is 0 Å². The molecule has 1 unspecified atom stereocenters. The van der Waals surface area contributed by atoms with Crippen LogP contribution in [-0.4, -0.2) is 37.2 Å². The van der Waals surface area contributed by atoms with Crippen LogP contribution in [0.5, 0.6) is 0 Å². The highest BCUT2D eigenvalue weighted by Gasteiger charge is 2.19. The minimum Gasteiger partial charge on any atom is -0.462 e. The summed E-state index contributed by atoms with van der Waals surface area (Å²) >= 11 is 0. The summed E-state index contributed by atoms with van der Waals surface area (Å²) in [6, 6.07) is 0. The van der Waals surface area contributed by atoms with Crippen molar-refractivity contribution in [1.29, 1.82) is 0 Å². The number of ether oxygens (including phenoxy) is 3. The van der Waals surface area contributed by atoms with Crippen LogP contribution in [0.15, 0.2) is 36.5 Å². The molecule has 0 aromatic rings. The minimum absolute atomic E-state index is 0.0707. The van der Waals surface area contributed by atoms with E-state index in [2.05, 4.69) is 57.2 Å². The molecule has 1 atom stereocenters. The van der Waals surface area contributed by atoms with Crippen LogP contribution in [0.2, 0.25) is 0 Å². The summed E-state index contributed by atoms with van der Waals surface area (Å²) in [4.78, 5) is 38.2. The van der Waals surface area contributed by atoms with Crippen molar-refractivity contribution in [2.24, 2.45) is 0 Å². The number of unbranched alkanes of at least 4 members (excludes halogenated alkanes) is 39. The maximum absolute atomic E-state index is 12.9. The molecule has 6 nitrogen and oxygen atoms in total. The molecule has 0 heterocycles. The molecule has 0 aliphatic heterocycles. The van der Waals surface area contributed by atoms with Crippen molar-refractivity contribution < 1.29 is 28.6 Å². The fourth-order valence-electron chi connectivity index (χ4n) is 9.00. The summed E-state index contributed by atoms with van der Waals surface area (Å²) in [5.74, 6) is -0.859. The Morgan fingerprint density at radius 1 is 0.290 bits per heavy atom. The lowest BCUT2D eigenvalue weighted by Crippen LogP contribution is -2.30. The molecule has 0 amide bonds. The smallest absolute Gasteiger partial charge is 0.306 e. The van der Waals surface area contributed by atoms with Gasteiger partial charge in [-0.1, -0.05) is 269 Å². The van der Waals surface area contributed by atoms with E-state index in [4.69, 9.17) is 14.2 Å². The summed E-state index contributed by atoms with van der Waals surface area (Å²) < 4.78 is 16.9. The summed E-state index contributed by atoms with van der Waals surface area (Å²) in [6.07, 6.45) is 70.0. The molecule has 0 aliphatic carbocycles. The Morgan fingerprint density at radius 2 is 0.522 bits per heavy atom. The highest BCUT2D eigenvalue weighted by Crippen LogP contribution is 2.17. The second kappa shape index (κ2) is 58.2. The fourth-order valence-corrected chi connectivity index (χ4v) is 9.00. The molecule has 0 rings (SSSR count). The third-order valence-electron chi connectivity index (χ3n) is 13.6. The van der Waals surface area contributed by atoms with Crippen LogP contribution in [0.3, 0.4) is 0 Å². The topological polar surface area (TPSA) is 78.9 Å². The van der Waals surface area contributed by atoms with E-state index in [9.17, 15) is 14.4 Å². The van der Waals surface area contributed by atoms with Crippen LogP contribution in [0.25, 0.3) is 0 Å². The van der Waals surface area contributed by atoms with E-state index < -0.39 is 6.10 Å². The second-order valence-corrected chi connectivity index (χ2v) is 20.6. The Balaban J connectivity index is 4.28. The molecule has 0 aromatic heterocycles. The Hall–Kier alpha value is -2.37. The molecule has 0 N–H and O–H groups in total. The largest absolute Gasteiger partial charge is 0.462 e. The number of esters is 3. The Bertz CT molecular complexity index is 1160. The highest BCUT2D eigenvalue weighted by atomic mass is 16.6. The maximum Gasteiger partial charge on any atom is 0.306 e. The summed E-state index contributed by atoms with van der Waals surface area (Å²) in [5, 5.41) is 0. The van der Waals surface area contributed by atoms with Gasteiger partial charge in [-0.05, 0) is 77.0 Å². The van der Waals surface area contributed by atoms with Gasteiger partial charge in [0.15, 0.2) is 6.10 Å². The van der Waals surface area contributed by atoms with Gasteiger partial charge in [0.05, 0.1) is 0 Å². The fraction of sp³-hybridized carbons (Fsp3) is 0.857. The molecular weight excluding hydrogens is 853 g/mol. The van der Waals surface area contributed by atoms with Crippen molar-refractivity contribution in [3.05, 3.63) is 36.5 Å². The van der Waals surface area contributed by atoms with Crippen LogP contribution in [0, 0.1) is 0 Å². The maximum atomic E-state index is 12.9. The third-order valence-corrected chi connectivity index (χ3v) is 13.6. The molecule has 6 heteroatoms. The number of rotatable bonds is 56. The van der Waals surface area contributed by atoms with E-state index >= 15 is 0 Å². The van der Waals surface area contributed by atoms with Gasteiger partial charge in [-0.25, -0.2) is 0 Å². The van der Waals surface area contributed by atoms with Gasteiger partial charge >= 0.3 is 17.9 Å². The number of carbonyl (C=O) groups excluding carboxylic acids is 3. The van der Waals surface area contributed by atoms with Crippen molar-refractivity contribution in [1.82, 2.24) is 0 Å². The molecule has 69 heavy (non-hydrogen) atoms. The van der Waals surface area contributed by atoms with E-state index in [0.717, 1.165) is 64.2 Å². The molecule has 0 saturated carbocycles. The van der Waals surface area contributed by atoms with Crippen LogP contribution in [0.4, 0.5) is 0 Å². The van der Waals surface area contributed by atoms with Gasteiger partial charge in [0.1, 0.15) is 13.2 Å². The predicted molar refractivity (Wildman–Crippen MR) is 298 cm³/mol. The van der Waals surface area contributed by atoms with Gasteiger partial charge < -0.3 is 14.2 Å². The first-order valence-electron chi connectivity index (χ1n) is 30.5. The monoisotopic (exact) mass is 969 g/mol. The Morgan fingerprint density at radius 3 is 0.841 bits per heavy atom. The molecule has 0 saturated heterocycles. The van der Waals surface area contributed by atoms with E-state index in [1.807, 2.05) is 0 Å². The first-order chi connectivity index (χ1) is 34.0.